The van der Waals surface area contributed by atoms with Crippen molar-refractivity contribution in [3.05, 3.63) is 36.3 Å². The van der Waals surface area contributed by atoms with Crippen LogP contribution in [0, 0.1) is 0 Å². The summed E-state index contributed by atoms with van der Waals surface area (Å²) in [5.41, 5.74) is -0.417. The minimum Gasteiger partial charge on any atom is -0.379 e. The van der Waals surface area contributed by atoms with Crippen LogP contribution in [0.2, 0.25) is 0 Å². The molecule has 9 heteroatoms. The Balaban J connectivity index is 1.75. The van der Waals surface area contributed by atoms with E-state index in [0.29, 0.717) is 29.6 Å². The summed E-state index contributed by atoms with van der Waals surface area (Å²) in [5, 5.41) is 0.322. The first-order chi connectivity index (χ1) is 12.0. The lowest BCUT2D eigenvalue weighted by Gasteiger charge is -2.26. The van der Waals surface area contributed by atoms with Crippen LogP contribution in [0.1, 0.15) is 5.69 Å². The fourth-order valence-electron chi connectivity index (χ4n) is 2.38. The van der Waals surface area contributed by atoms with Crippen LogP contribution >= 0.6 is 11.8 Å². The van der Waals surface area contributed by atoms with Crippen LogP contribution in [0.15, 0.2) is 35.6 Å². The summed E-state index contributed by atoms with van der Waals surface area (Å²) >= 11 is 1.30. The van der Waals surface area contributed by atoms with Crippen molar-refractivity contribution < 1.29 is 17.9 Å². The number of nitrogens with zero attached hydrogens (tertiary/aromatic N) is 4. The molecule has 1 aliphatic rings. The van der Waals surface area contributed by atoms with E-state index in [2.05, 4.69) is 19.9 Å². The molecule has 0 aromatic carbocycles. The fourth-order valence-corrected chi connectivity index (χ4v) is 3.28. The lowest BCUT2D eigenvalue weighted by Crippen LogP contribution is -2.37. The van der Waals surface area contributed by atoms with Gasteiger partial charge in [-0.25, -0.2) is 9.97 Å². The molecule has 0 atom stereocenters. The van der Waals surface area contributed by atoms with Gasteiger partial charge in [0.2, 0.25) is 0 Å². The van der Waals surface area contributed by atoms with E-state index in [4.69, 9.17) is 4.74 Å². The lowest BCUT2D eigenvalue weighted by atomic mass is 10.2. The third-order valence-electron chi connectivity index (χ3n) is 3.69. The smallest absolute Gasteiger partial charge is 0.379 e. The van der Waals surface area contributed by atoms with E-state index in [0.717, 1.165) is 25.7 Å². The van der Waals surface area contributed by atoms with Gasteiger partial charge in [0.15, 0.2) is 5.82 Å². The summed E-state index contributed by atoms with van der Waals surface area (Å²) in [6.07, 6.45) is -1.50. The van der Waals surface area contributed by atoms with Crippen LogP contribution in [-0.2, 0) is 10.9 Å². The average Bonchev–Trinajstić information content (AvgIpc) is 2.62. The Hall–Kier alpha value is -1.71. The van der Waals surface area contributed by atoms with Crippen LogP contribution in [0.4, 0.5) is 13.2 Å². The van der Waals surface area contributed by atoms with Crippen molar-refractivity contribution in [3.8, 4) is 11.4 Å². The number of rotatable bonds is 5. The van der Waals surface area contributed by atoms with Crippen molar-refractivity contribution in [3.63, 3.8) is 0 Å². The lowest BCUT2D eigenvalue weighted by molar-refractivity contribution is -0.141. The first kappa shape index (κ1) is 18.1. The van der Waals surface area contributed by atoms with E-state index in [9.17, 15) is 13.2 Å². The summed E-state index contributed by atoms with van der Waals surface area (Å²) in [5.74, 6) is 0.718. The number of thioether (sulfide) groups is 1. The van der Waals surface area contributed by atoms with E-state index in [1.807, 2.05) is 0 Å². The number of aromatic nitrogens is 3. The van der Waals surface area contributed by atoms with Crippen LogP contribution in [-0.4, -0.2) is 58.5 Å². The first-order valence-corrected chi connectivity index (χ1v) is 8.80. The minimum absolute atomic E-state index is 0.0612. The molecular formula is C16H17F3N4OS. The molecule has 134 valence electrons. The third kappa shape index (κ3) is 5.13. The van der Waals surface area contributed by atoms with E-state index in [1.165, 1.54) is 24.2 Å². The van der Waals surface area contributed by atoms with Gasteiger partial charge in [-0.2, -0.15) is 13.2 Å². The summed E-state index contributed by atoms with van der Waals surface area (Å²) in [6.45, 7) is 3.87. The van der Waals surface area contributed by atoms with Gasteiger partial charge in [-0.05, 0) is 12.1 Å². The highest BCUT2D eigenvalue weighted by atomic mass is 32.2. The van der Waals surface area contributed by atoms with E-state index >= 15 is 0 Å². The molecule has 0 aliphatic carbocycles. The van der Waals surface area contributed by atoms with Gasteiger partial charge < -0.3 is 4.74 Å². The van der Waals surface area contributed by atoms with Crippen LogP contribution in [0.3, 0.4) is 0 Å². The molecule has 1 fully saturated rings. The molecule has 3 heterocycles. The second-order valence-electron chi connectivity index (χ2n) is 5.45. The Labute approximate surface area is 147 Å². The number of hydrogen-bond donors (Lipinski definition) is 0. The molecule has 2 aromatic rings. The zero-order valence-corrected chi connectivity index (χ0v) is 14.2. The molecule has 25 heavy (non-hydrogen) atoms. The molecule has 5 nitrogen and oxygen atoms in total. The molecule has 0 radical (unpaired) electrons. The second-order valence-corrected chi connectivity index (χ2v) is 6.57. The van der Waals surface area contributed by atoms with Crippen molar-refractivity contribution in [2.75, 3.05) is 38.6 Å². The van der Waals surface area contributed by atoms with Gasteiger partial charge in [0, 0.05) is 49.4 Å². The number of halogens is 3. The summed E-state index contributed by atoms with van der Waals surface area (Å²) in [7, 11) is 0. The number of ether oxygens (including phenoxy) is 1. The molecular weight excluding hydrogens is 353 g/mol. The normalized spacial score (nSPS) is 16.1. The van der Waals surface area contributed by atoms with E-state index in [-0.39, 0.29) is 5.82 Å². The quantitative estimate of drug-likeness (QED) is 0.596. The zero-order valence-electron chi connectivity index (χ0n) is 13.4. The third-order valence-corrected chi connectivity index (χ3v) is 4.58. The summed E-state index contributed by atoms with van der Waals surface area (Å²) in [6, 6.07) is 4.20. The predicted octanol–water partition coefficient (Wildman–Crippen LogP) is 2.98. The molecule has 1 saturated heterocycles. The van der Waals surface area contributed by atoms with Gasteiger partial charge >= 0.3 is 6.18 Å². The molecule has 0 N–H and O–H groups in total. The topological polar surface area (TPSA) is 51.1 Å². The summed E-state index contributed by atoms with van der Waals surface area (Å²) < 4.78 is 44.7. The molecule has 0 bridgehead atoms. The first-order valence-electron chi connectivity index (χ1n) is 7.82. The van der Waals surface area contributed by atoms with Crippen molar-refractivity contribution >= 4 is 11.8 Å². The van der Waals surface area contributed by atoms with Gasteiger partial charge in [0.1, 0.15) is 10.7 Å². The van der Waals surface area contributed by atoms with Crippen LogP contribution in [0.25, 0.3) is 11.4 Å². The maximum absolute atomic E-state index is 13.1. The Bertz CT molecular complexity index is 694. The van der Waals surface area contributed by atoms with Gasteiger partial charge in [-0.15, -0.1) is 11.8 Å². The molecule has 0 amide bonds. The highest BCUT2D eigenvalue weighted by Crippen LogP contribution is 2.31. The number of hydrogen-bond acceptors (Lipinski definition) is 6. The van der Waals surface area contributed by atoms with Crippen molar-refractivity contribution in [2.45, 2.75) is 11.2 Å². The van der Waals surface area contributed by atoms with Gasteiger partial charge in [0.25, 0.3) is 0 Å². The predicted molar refractivity (Wildman–Crippen MR) is 88.2 cm³/mol. The monoisotopic (exact) mass is 370 g/mol. The van der Waals surface area contributed by atoms with E-state index in [1.54, 1.807) is 12.1 Å². The summed E-state index contributed by atoms with van der Waals surface area (Å²) in [4.78, 5) is 14.0. The molecule has 1 aliphatic heterocycles. The highest BCUT2D eigenvalue weighted by molar-refractivity contribution is 7.99. The number of alkyl halides is 3. The number of morpholine rings is 1. The van der Waals surface area contributed by atoms with Crippen molar-refractivity contribution in [1.82, 2.24) is 19.9 Å². The van der Waals surface area contributed by atoms with Crippen LogP contribution < -0.4 is 0 Å². The molecule has 0 unspecified atom stereocenters. The molecule has 3 rings (SSSR count). The molecule has 0 spiro atoms. The zero-order chi connectivity index (χ0) is 17.7. The van der Waals surface area contributed by atoms with Crippen LogP contribution in [0.5, 0.6) is 0 Å². The standard InChI is InChI=1S/C16H17F3N4OS/c17-16(18,19)13-11-14(25-10-7-23-5-8-24-9-6-23)22-15(21-13)12-1-3-20-4-2-12/h1-4,11H,5-10H2. The average molecular weight is 370 g/mol. The van der Waals surface area contributed by atoms with Crippen molar-refractivity contribution in [2.24, 2.45) is 0 Å². The fraction of sp³-hybridized carbons (Fsp3) is 0.438. The Morgan fingerprint density at radius 3 is 2.52 bits per heavy atom. The maximum atomic E-state index is 13.1. The molecule has 2 aromatic heterocycles. The second kappa shape index (κ2) is 8.11. The van der Waals surface area contributed by atoms with Gasteiger partial charge in [-0.3, -0.25) is 9.88 Å². The Morgan fingerprint density at radius 1 is 1.12 bits per heavy atom. The minimum atomic E-state index is -4.51. The van der Waals surface area contributed by atoms with Gasteiger partial charge in [-0.1, -0.05) is 0 Å². The Kier molecular flexibility index (Phi) is 5.87. The van der Waals surface area contributed by atoms with Crippen molar-refractivity contribution in [1.29, 1.82) is 0 Å². The Morgan fingerprint density at radius 2 is 1.84 bits per heavy atom. The SMILES string of the molecule is FC(F)(F)c1cc(SCCN2CCOCC2)nc(-c2ccncc2)n1. The van der Waals surface area contributed by atoms with E-state index < -0.39 is 11.9 Å². The highest BCUT2D eigenvalue weighted by Gasteiger charge is 2.33. The number of pyridine rings is 1. The maximum Gasteiger partial charge on any atom is 0.433 e. The van der Waals surface area contributed by atoms with Gasteiger partial charge in [0.05, 0.1) is 13.2 Å². The largest absolute Gasteiger partial charge is 0.433 e. The molecule has 0 saturated carbocycles.